The first-order chi connectivity index (χ1) is 13.1. The average Bonchev–Trinajstić information content (AvgIpc) is 2.64. The van der Waals surface area contributed by atoms with Crippen molar-refractivity contribution in [3.63, 3.8) is 0 Å². The summed E-state index contributed by atoms with van der Waals surface area (Å²) in [7, 11) is 0. The van der Waals surface area contributed by atoms with Crippen LogP contribution in [0.15, 0.2) is 54.6 Å². The van der Waals surface area contributed by atoms with E-state index in [0.29, 0.717) is 13.1 Å². The van der Waals surface area contributed by atoms with Crippen LogP contribution in [0.1, 0.15) is 24.5 Å². The molecule has 3 N–H and O–H groups in total. The summed E-state index contributed by atoms with van der Waals surface area (Å²) in [5, 5.41) is 5.91. The standard InChI is InChI=1S/C22H29N3O2/c1-3-15-25(17-22(27)24-20-12-8-7-9-18(20)2)16-21(26)23-14-13-19-10-5-4-6-11-19/h4-12H,3,13-17H2,1-2H3,(H,23,26)(H,24,27)/p+1. The molecule has 5 heteroatoms. The molecule has 27 heavy (non-hydrogen) atoms. The van der Waals surface area contributed by atoms with Gasteiger partial charge in [0.15, 0.2) is 13.1 Å². The van der Waals surface area contributed by atoms with Crippen molar-refractivity contribution >= 4 is 17.5 Å². The van der Waals surface area contributed by atoms with Crippen LogP contribution in [0.2, 0.25) is 0 Å². The summed E-state index contributed by atoms with van der Waals surface area (Å²) in [5.41, 5.74) is 3.06. The molecule has 0 saturated heterocycles. The summed E-state index contributed by atoms with van der Waals surface area (Å²) in [6.07, 6.45) is 1.73. The zero-order valence-corrected chi connectivity index (χ0v) is 16.3. The SMILES string of the molecule is CCC[NH+](CC(=O)NCCc1ccccc1)CC(=O)Nc1ccccc1C. The normalized spacial score (nSPS) is 11.6. The maximum absolute atomic E-state index is 12.4. The Morgan fingerprint density at radius 3 is 2.30 bits per heavy atom. The first-order valence-corrected chi connectivity index (χ1v) is 9.58. The molecule has 144 valence electrons. The molecule has 0 aliphatic carbocycles. The summed E-state index contributed by atoms with van der Waals surface area (Å²) in [6.45, 7) is 6.02. The molecule has 0 spiro atoms. The van der Waals surface area contributed by atoms with Gasteiger partial charge in [-0.2, -0.15) is 0 Å². The Kier molecular flexibility index (Phi) is 8.52. The second-order valence-electron chi connectivity index (χ2n) is 6.80. The number of nitrogens with one attached hydrogen (secondary N) is 3. The van der Waals surface area contributed by atoms with Crippen LogP contribution >= 0.6 is 0 Å². The smallest absolute Gasteiger partial charge is 0.279 e. The van der Waals surface area contributed by atoms with Gasteiger partial charge in [0.2, 0.25) is 0 Å². The minimum atomic E-state index is -0.0650. The number of para-hydroxylation sites is 1. The van der Waals surface area contributed by atoms with E-state index in [2.05, 4.69) is 29.7 Å². The molecule has 0 aliphatic rings. The lowest BCUT2D eigenvalue weighted by atomic mass is 10.1. The minimum Gasteiger partial charge on any atom is -0.351 e. The van der Waals surface area contributed by atoms with E-state index in [1.807, 2.05) is 49.4 Å². The maximum Gasteiger partial charge on any atom is 0.279 e. The van der Waals surface area contributed by atoms with Crippen LogP contribution in [-0.4, -0.2) is 38.0 Å². The lowest BCUT2D eigenvalue weighted by Crippen LogP contribution is -3.14. The van der Waals surface area contributed by atoms with Crippen molar-refractivity contribution in [1.29, 1.82) is 0 Å². The highest BCUT2D eigenvalue weighted by Gasteiger charge is 2.17. The van der Waals surface area contributed by atoms with Crippen LogP contribution < -0.4 is 15.5 Å². The molecule has 0 aromatic heterocycles. The third kappa shape index (κ3) is 7.62. The fourth-order valence-electron chi connectivity index (χ4n) is 3.01. The highest BCUT2D eigenvalue weighted by Crippen LogP contribution is 2.12. The number of hydrogen-bond acceptors (Lipinski definition) is 2. The molecule has 2 aromatic carbocycles. The van der Waals surface area contributed by atoms with Crippen molar-refractivity contribution in [3.05, 3.63) is 65.7 Å². The van der Waals surface area contributed by atoms with Gasteiger partial charge in [0.05, 0.1) is 6.54 Å². The Balaban J connectivity index is 1.78. The number of carbonyl (C=O) groups is 2. The van der Waals surface area contributed by atoms with Crippen LogP contribution in [0.4, 0.5) is 5.69 Å². The molecular weight excluding hydrogens is 338 g/mol. The van der Waals surface area contributed by atoms with E-state index in [4.69, 9.17) is 0 Å². The van der Waals surface area contributed by atoms with Crippen LogP contribution in [0, 0.1) is 6.92 Å². The van der Waals surface area contributed by atoms with E-state index < -0.39 is 0 Å². The fourth-order valence-corrected chi connectivity index (χ4v) is 3.01. The van der Waals surface area contributed by atoms with Crippen molar-refractivity contribution in [3.8, 4) is 0 Å². The lowest BCUT2D eigenvalue weighted by molar-refractivity contribution is -0.883. The van der Waals surface area contributed by atoms with Crippen LogP contribution in [0.5, 0.6) is 0 Å². The largest absolute Gasteiger partial charge is 0.351 e. The third-order valence-electron chi connectivity index (χ3n) is 4.42. The Labute approximate surface area is 161 Å². The summed E-state index contributed by atoms with van der Waals surface area (Å²) in [4.78, 5) is 25.6. The molecule has 0 fully saturated rings. The number of carbonyl (C=O) groups excluding carboxylic acids is 2. The zero-order chi connectivity index (χ0) is 19.5. The molecule has 1 atom stereocenters. The van der Waals surface area contributed by atoms with Crippen LogP contribution in [-0.2, 0) is 16.0 Å². The van der Waals surface area contributed by atoms with Crippen molar-refractivity contribution in [2.75, 3.05) is 31.5 Å². The van der Waals surface area contributed by atoms with Crippen LogP contribution in [0.25, 0.3) is 0 Å². The molecular formula is C22H30N3O2+. The van der Waals surface area contributed by atoms with Crippen molar-refractivity contribution in [2.45, 2.75) is 26.7 Å². The molecule has 0 radical (unpaired) electrons. The Hall–Kier alpha value is -2.66. The second kappa shape index (κ2) is 11.1. The predicted molar refractivity (Wildman–Crippen MR) is 109 cm³/mol. The van der Waals surface area contributed by atoms with Gasteiger partial charge in [0, 0.05) is 12.2 Å². The van der Waals surface area contributed by atoms with E-state index >= 15 is 0 Å². The van der Waals surface area contributed by atoms with E-state index in [9.17, 15) is 9.59 Å². The Morgan fingerprint density at radius 2 is 1.59 bits per heavy atom. The summed E-state index contributed by atoms with van der Waals surface area (Å²) >= 11 is 0. The number of rotatable bonds is 10. The summed E-state index contributed by atoms with van der Waals surface area (Å²) in [6, 6.07) is 17.8. The molecule has 1 unspecified atom stereocenters. The lowest BCUT2D eigenvalue weighted by Gasteiger charge is -2.18. The van der Waals surface area contributed by atoms with Gasteiger partial charge in [-0.15, -0.1) is 0 Å². The monoisotopic (exact) mass is 368 g/mol. The van der Waals surface area contributed by atoms with E-state index in [0.717, 1.165) is 35.5 Å². The van der Waals surface area contributed by atoms with E-state index in [1.54, 1.807) is 0 Å². The second-order valence-corrected chi connectivity index (χ2v) is 6.80. The van der Waals surface area contributed by atoms with Gasteiger partial charge in [-0.3, -0.25) is 9.59 Å². The number of benzene rings is 2. The van der Waals surface area contributed by atoms with Gasteiger partial charge >= 0.3 is 0 Å². The van der Waals surface area contributed by atoms with Crippen LogP contribution in [0.3, 0.4) is 0 Å². The number of aryl methyl sites for hydroxylation is 1. The third-order valence-corrected chi connectivity index (χ3v) is 4.42. The van der Waals surface area contributed by atoms with Crippen molar-refractivity contribution in [2.24, 2.45) is 0 Å². The van der Waals surface area contributed by atoms with Crippen molar-refractivity contribution < 1.29 is 14.5 Å². The Bertz CT molecular complexity index is 731. The van der Waals surface area contributed by atoms with Crippen molar-refractivity contribution in [1.82, 2.24) is 5.32 Å². The average molecular weight is 369 g/mol. The molecule has 0 aliphatic heterocycles. The van der Waals surface area contributed by atoms with Gasteiger partial charge in [-0.25, -0.2) is 0 Å². The quantitative estimate of drug-likeness (QED) is 0.596. The summed E-state index contributed by atoms with van der Waals surface area (Å²) in [5.74, 6) is -0.0806. The predicted octanol–water partition coefficient (Wildman–Crippen LogP) is 1.59. The number of quaternary nitrogens is 1. The van der Waals surface area contributed by atoms with E-state index in [-0.39, 0.29) is 18.4 Å². The van der Waals surface area contributed by atoms with Gasteiger partial charge in [-0.1, -0.05) is 55.5 Å². The fraction of sp³-hybridized carbons (Fsp3) is 0.364. The van der Waals surface area contributed by atoms with Gasteiger partial charge < -0.3 is 15.5 Å². The zero-order valence-electron chi connectivity index (χ0n) is 16.3. The van der Waals surface area contributed by atoms with E-state index in [1.165, 1.54) is 5.56 Å². The first-order valence-electron chi connectivity index (χ1n) is 9.58. The molecule has 2 rings (SSSR count). The highest BCUT2D eigenvalue weighted by molar-refractivity contribution is 5.92. The number of amides is 2. The minimum absolute atomic E-state index is 0.0157. The number of hydrogen-bond donors (Lipinski definition) is 3. The number of anilines is 1. The molecule has 5 nitrogen and oxygen atoms in total. The summed E-state index contributed by atoms with van der Waals surface area (Å²) < 4.78 is 0. The molecule has 0 saturated carbocycles. The topological polar surface area (TPSA) is 62.6 Å². The molecule has 0 heterocycles. The van der Waals surface area contributed by atoms with Gasteiger partial charge in [0.1, 0.15) is 0 Å². The molecule has 2 aromatic rings. The molecule has 0 bridgehead atoms. The Morgan fingerprint density at radius 1 is 0.926 bits per heavy atom. The molecule has 2 amide bonds. The maximum atomic E-state index is 12.4. The van der Waals surface area contributed by atoms with Gasteiger partial charge in [-0.05, 0) is 37.0 Å². The van der Waals surface area contributed by atoms with Gasteiger partial charge in [0.25, 0.3) is 11.8 Å². The highest BCUT2D eigenvalue weighted by atomic mass is 16.2. The first kappa shape index (κ1) is 20.6.